The van der Waals surface area contributed by atoms with E-state index in [9.17, 15) is 13.2 Å². The van der Waals surface area contributed by atoms with E-state index in [1.54, 1.807) is 24.2 Å². The van der Waals surface area contributed by atoms with Gasteiger partial charge in [-0.25, -0.2) is 4.39 Å². The zero-order valence-electron chi connectivity index (χ0n) is 21.9. The number of benzene rings is 2. The van der Waals surface area contributed by atoms with Crippen LogP contribution in [0.25, 0.3) is 11.1 Å². The average Bonchev–Trinajstić information content (AvgIpc) is 2.90. The first-order valence-corrected chi connectivity index (χ1v) is 16.8. The molecule has 1 aliphatic heterocycles. The average molecular weight is 517 g/mol. The zero-order valence-corrected chi connectivity index (χ0v) is 23.0. The van der Waals surface area contributed by atoms with E-state index in [1.165, 1.54) is 88.3 Å². The molecule has 2 aromatic rings. The normalized spacial score (nSPS) is 24.7. The van der Waals surface area contributed by atoms with Crippen molar-refractivity contribution < 1.29 is 17.9 Å². The standard InChI is InChI=1S/C31H43F3OSi/c1-2-3-4-19-36-20-17-24(18-21-36)6-5-23-7-9-25(10-8-23)26-11-13-27(14-12-26)28-15-16-30(29(32)22-28)35-31(33)34/h11-16,22-25,31,36H,2-10,17-21H2,1H3. The predicted octanol–water partition coefficient (Wildman–Crippen LogP) is 9.98. The van der Waals surface area contributed by atoms with Gasteiger partial charge < -0.3 is 4.74 Å². The highest BCUT2D eigenvalue weighted by Crippen LogP contribution is 2.40. The fourth-order valence-electron chi connectivity index (χ4n) is 6.57. The van der Waals surface area contributed by atoms with E-state index in [2.05, 4.69) is 23.8 Å². The molecule has 36 heavy (non-hydrogen) atoms. The molecule has 0 radical (unpaired) electrons. The molecule has 2 aromatic carbocycles. The van der Waals surface area contributed by atoms with Gasteiger partial charge in [0.2, 0.25) is 0 Å². The number of unbranched alkanes of at least 4 members (excludes halogenated alkanes) is 2. The lowest BCUT2D eigenvalue weighted by atomic mass is 9.76. The topological polar surface area (TPSA) is 9.23 Å². The van der Waals surface area contributed by atoms with Crippen molar-refractivity contribution in [2.45, 2.75) is 108 Å². The Morgan fingerprint density at radius 2 is 1.47 bits per heavy atom. The molecule has 1 saturated carbocycles. The van der Waals surface area contributed by atoms with Crippen LogP contribution < -0.4 is 4.74 Å². The third-order valence-corrected chi connectivity index (χ3v) is 12.4. The molecule has 4 rings (SSSR count). The van der Waals surface area contributed by atoms with Crippen LogP contribution in [-0.2, 0) is 0 Å². The highest BCUT2D eigenvalue weighted by Gasteiger charge is 2.25. The predicted molar refractivity (Wildman–Crippen MR) is 146 cm³/mol. The number of halogens is 3. The Morgan fingerprint density at radius 3 is 2.08 bits per heavy atom. The van der Waals surface area contributed by atoms with Gasteiger partial charge in [-0.15, -0.1) is 0 Å². The van der Waals surface area contributed by atoms with Crippen LogP contribution in [0.15, 0.2) is 42.5 Å². The molecule has 5 heteroatoms. The van der Waals surface area contributed by atoms with E-state index < -0.39 is 18.2 Å². The summed E-state index contributed by atoms with van der Waals surface area (Å²) in [7, 11) is -0.384. The molecule has 0 spiro atoms. The maximum Gasteiger partial charge on any atom is 0.387 e. The Labute approximate surface area is 217 Å². The summed E-state index contributed by atoms with van der Waals surface area (Å²) in [6.07, 6.45) is 15.4. The molecular weight excluding hydrogens is 473 g/mol. The van der Waals surface area contributed by atoms with Crippen LogP contribution in [0.2, 0.25) is 18.1 Å². The second kappa shape index (κ2) is 13.7. The molecule has 1 saturated heterocycles. The van der Waals surface area contributed by atoms with Crippen molar-refractivity contribution in [2.75, 3.05) is 0 Å². The van der Waals surface area contributed by atoms with E-state index in [4.69, 9.17) is 0 Å². The Hall–Kier alpha value is -1.75. The second-order valence-electron chi connectivity index (χ2n) is 11.3. The van der Waals surface area contributed by atoms with E-state index >= 15 is 0 Å². The van der Waals surface area contributed by atoms with Gasteiger partial charge in [-0.05, 0) is 72.3 Å². The van der Waals surface area contributed by atoms with Crippen LogP contribution in [0.5, 0.6) is 5.75 Å². The monoisotopic (exact) mass is 516 g/mol. The maximum atomic E-state index is 14.1. The van der Waals surface area contributed by atoms with E-state index in [0.29, 0.717) is 11.5 Å². The highest BCUT2D eigenvalue weighted by molar-refractivity contribution is 6.58. The molecule has 0 amide bonds. The summed E-state index contributed by atoms with van der Waals surface area (Å²) < 4.78 is 43.0. The summed E-state index contributed by atoms with van der Waals surface area (Å²) in [5.41, 5.74) is 2.92. The van der Waals surface area contributed by atoms with Gasteiger partial charge in [0.15, 0.2) is 11.6 Å². The second-order valence-corrected chi connectivity index (χ2v) is 14.8. The molecule has 2 fully saturated rings. The first-order chi connectivity index (χ1) is 17.5. The third-order valence-electron chi connectivity index (χ3n) is 8.88. The zero-order chi connectivity index (χ0) is 25.3. The minimum Gasteiger partial charge on any atom is -0.432 e. The molecule has 0 unspecified atom stereocenters. The smallest absolute Gasteiger partial charge is 0.387 e. The number of hydrogen-bond donors (Lipinski definition) is 0. The Morgan fingerprint density at radius 1 is 0.833 bits per heavy atom. The largest absolute Gasteiger partial charge is 0.432 e. The fraction of sp³-hybridized carbons (Fsp3) is 0.613. The molecule has 0 bridgehead atoms. The van der Waals surface area contributed by atoms with Gasteiger partial charge in [-0.2, -0.15) is 8.78 Å². The minimum atomic E-state index is -3.03. The molecule has 198 valence electrons. The SMILES string of the molecule is CCCCC[SiH]1CCC(CCC2CCC(c3ccc(-c4ccc(OC(F)F)c(F)c4)cc3)CC2)CC1. The number of hydrogen-bond acceptors (Lipinski definition) is 1. The lowest BCUT2D eigenvalue weighted by Crippen LogP contribution is -2.22. The van der Waals surface area contributed by atoms with Gasteiger partial charge in [-0.3, -0.25) is 0 Å². The van der Waals surface area contributed by atoms with Crippen LogP contribution >= 0.6 is 0 Å². The molecule has 0 atom stereocenters. The van der Waals surface area contributed by atoms with E-state index in [1.807, 2.05) is 12.1 Å². The van der Waals surface area contributed by atoms with Gasteiger partial charge in [0.05, 0.1) is 0 Å². The van der Waals surface area contributed by atoms with Gasteiger partial charge in [0, 0.05) is 8.80 Å². The third kappa shape index (κ3) is 7.87. The van der Waals surface area contributed by atoms with Gasteiger partial charge >= 0.3 is 6.61 Å². The van der Waals surface area contributed by atoms with Crippen LogP contribution in [-0.4, -0.2) is 15.4 Å². The van der Waals surface area contributed by atoms with Crippen molar-refractivity contribution in [1.82, 2.24) is 0 Å². The van der Waals surface area contributed by atoms with Crippen LogP contribution in [0.4, 0.5) is 13.2 Å². The van der Waals surface area contributed by atoms with Crippen LogP contribution in [0, 0.1) is 17.7 Å². The van der Waals surface area contributed by atoms with E-state index in [0.717, 1.165) is 17.4 Å². The first-order valence-electron chi connectivity index (χ1n) is 14.4. The summed E-state index contributed by atoms with van der Waals surface area (Å²) >= 11 is 0. The molecule has 0 aromatic heterocycles. The lowest BCUT2D eigenvalue weighted by Gasteiger charge is -2.32. The van der Waals surface area contributed by atoms with Crippen LogP contribution in [0.1, 0.15) is 89.0 Å². The fourth-order valence-corrected chi connectivity index (χ4v) is 10.2. The summed E-state index contributed by atoms with van der Waals surface area (Å²) in [5.74, 6) is 1.33. The van der Waals surface area contributed by atoms with Crippen molar-refractivity contribution >= 4 is 8.80 Å². The molecule has 1 nitrogen and oxygen atoms in total. The van der Waals surface area contributed by atoms with Crippen molar-refractivity contribution in [2.24, 2.45) is 11.8 Å². The van der Waals surface area contributed by atoms with Gasteiger partial charge in [0.1, 0.15) is 0 Å². The van der Waals surface area contributed by atoms with Crippen molar-refractivity contribution in [3.8, 4) is 16.9 Å². The summed E-state index contributed by atoms with van der Waals surface area (Å²) in [6.45, 7) is -0.715. The lowest BCUT2D eigenvalue weighted by molar-refractivity contribution is -0.0521. The van der Waals surface area contributed by atoms with Crippen molar-refractivity contribution in [1.29, 1.82) is 0 Å². The molecule has 1 heterocycles. The minimum absolute atomic E-state index is 0.384. The summed E-state index contributed by atoms with van der Waals surface area (Å²) in [4.78, 5) is 0. The Kier molecular flexibility index (Phi) is 10.4. The first kappa shape index (κ1) is 27.3. The quantitative estimate of drug-likeness (QED) is 0.213. The number of ether oxygens (including phenoxy) is 1. The molecule has 1 aliphatic carbocycles. The molecule has 0 N–H and O–H groups in total. The molecular formula is C31H43F3OSi. The molecule has 2 aliphatic rings. The Bertz CT molecular complexity index is 916. The summed E-state index contributed by atoms with van der Waals surface area (Å²) in [6, 6.07) is 17.3. The van der Waals surface area contributed by atoms with Crippen LogP contribution in [0.3, 0.4) is 0 Å². The Balaban J connectivity index is 1.19. The van der Waals surface area contributed by atoms with Crippen molar-refractivity contribution in [3.63, 3.8) is 0 Å². The van der Waals surface area contributed by atoms with E-state index in [-0.39, 0.29) is 8.80 Å². The summed E-state index contributed by atoms with van der Waals surface area (Å²) in [5, 5.41) is 0. The maximum absolute atomic E-state index is 14.1. The number of alkyl halides is 2. The highest BCUT2D eigenvalue weighted by atomic mass is 28.3. The van der Waals surface area contributed by atoms with Gasteiger partial charge in [0.25, 0.3) is 0 Å². The van der Waals surface area contributed by atoms with Crippen molar-refractivity contribution in [3.05, 3.63) is 53.8 Å². The number of rotatable bonds is 11. The van der Waals surface area contributed by atoms with Gasteiger partial charge in [-0.1, -0.05) is 100 Å².